The van der Waals surface area contributed by atoms with Crippen molar-refractivity contribution in [3.8, 4) is 0 Å². The molecule has 2 aliphatic rings. The molecule has 1 amide bonds. The highest BCUT2D eigenvalue weighted by molar-refractivity contribution is 7.85. The highest BCUT2D eigenvalue weighted by Gasteiger charge is 2.28. The summed E-state index contributed by atoms with van der Waals surface area (Å²) in [5.41, 5.74) is 1.88. The summed E-state index contributed by atoms with van der Waals surface area (Å²) in [6, 6.07) is 2.14. The van der Waals surface area contributed by atoms with Crippen molar-refractivity contribution in [1.29, 1.82) is 0 Å². The molecular formula is C14H19N3O4S. The molecule has 0 saturated carbocycles. The van der Waals surface area contributed by atoms with Crippen molar-refractivity contribution in [3.05, 3.63) is 22.9 Å². The summed E-state index contributed by atoms with van der Waals surface area (Å²) in [7, 11) is -4.05. The van der Waals surface area contributed by atoms with Crippen LogP contribution in [0.15, 0.2) is 6.07 Å². The van der Waals surface area contributed by atoms with E-state index in [0.717, 1.165) is 24.9 Å². The Kier molecular flexibility index (Phi) is 3.82. The zero-order valence-corrected chi connectivity index (χ0v) is 13.2. The maximum Gasteiger partial charge on any atom is 0.265 e. The summed E-state index contributed by atoms with van der Waals surface area (Å²) in [6.45, 7) is 3.35. The molecule has 8 heteroatoms. The molecule has 0 unspecified atom stereocenters. The highest BCUT2D eigenvalue weighted by Crippen LogP contribution is 2.29. The first kappa shape index (κ1) is 15.2. The Bertz CT molecular complexity index is 717. The van der Waals surface area contributed by atoms with E-state index >= 15 is 0 Å². The average molecular weight is 325 g/mol. The molecule has 1 atom stereocenters. The summed E-state index contributed by atoms with van der Waals surface area (Å²) < 4.78 is 30.9. The smallest absolute Gasteiger partial charge is 0.265 e. The second kappa shape index (κ2) is 5.51. The quantitative estimate of drug-likeness (QED) is 0.792. The van der Waals surface area contributed by atoms with Crippen molar-refractivity contribution in [3.63, 3.8) is 0 Å². The third kappa shape index (κ3) is 2.93. The van der Waals surface area contributed by atoms with Gasteiger partial charge in [-0.1, -0.05) is 0 Å². The lowest BCUT2D eigenvalue weighted by Gasteiger charge is -2.24. The first-order chi connectivity index (χ1) is 10.3. The van der Waals surface area contributed by atoms with Crippen molar-refractivity contribution in [2.75, 3.05) is 17.2 Å². The van der Waals surface area contributed by atoms with Crippen LogP contribution < -0.4 is 10.2 Å². The van der Waals surface area contributed by atoms with Crippen molar-refractivity contribution in [1.82, 2.24) is 10.3 Å². The van der Waals surface area contributed by atoms with E-state index in [1.54, 1.807) is 6.07 Å². The van der Waals surface area contributed by atoms with Gasteiger partial charge < -0.3 is 10.2 Å². The number of nitrogens with one attached hydrogen (secondary N) is 1. The monoisotopic (exact) mass is 325 g/mol. The molecular weight excluding hydrogens is 306 g/mol. The molecule has 2 N–H and O–H groups in total. The molecule has 0 radical (unpaired) electrons. The molecule has 1 saturated heterocycles. The summed E-state index contributed by atoms with van der Waals surface area (Å²) in [6.07, 6.45) is 2.25. The second-order valence-electron chi connectivity index (χ2n) is 5.86. The van der Waals surface area contributed by atoms with Crippen LogP contribution in [0, 0.1) is 0 Å². The normalized spacial score (nSPS) is 21.1. The van der Waals surface area contributed by atoms with Gasteiger partial charge in [0, 0.05) is 42.4 Å². The van der Waals surface area contributed by atoms with E-state index in [-0.39, 0.29) is 18.1 Å². The highest BCUT2D eigenvalue weighted by atomic mass is 32.2. The van der Waals surface area contributed by atoms with E-state index in [4.69, 9.17) is 4.55 Å². The fourth-order valence-electron chi connectivity index (χ4n) is 3.13. The largest absolute Gasteiger partial charge is 0.354 e. The van der Waals surface area contributed by atoms with Gasteiger partial charge in [0.15, 0.2) is 0 Å². The topological polar surface area (TPSA) is 99.6 Å². The van der Waals surface area contributed by atoms with Gasteiger partial charge in [-0.3, -0.25) is 9.35 Å². The van der Waals surface area contributed by atoms with Gasteiger partial charge in [-0.25, -0.2) is 4.98 Å². The molecule has 3 heterocycles. The van der Waals surface area contributed by atoms with Gasteiger partial charge >= 0.3 is 0 Å². The molecule has 1 fully saturated rings. The third-order valence-corrected chi connectivity index (χ3v) is 5.03. The Labute approximate surface area is 129 Å². The zero-order valence-electron chi connectivity index (χ0n) is 12.4. The van der Waals surface area contributed by atoms with Gasteiger partial charge in [0.1, 0.15) is 5.82 Å². The van der Waals surface area contributed by atoms with Crippen LogP contribution in [0.2, 0.25) is 0 Å². The number of hydrogen-bond acceptors (Lipinski definition) is 5. The second-order valence-corrected chi connectivity index (χ2v) is 7.43. The SMILES string of the molecule is C[C@@H]1CCCN1c1cc2c(c(CCS(=O)(=O)O)n1)CNC2=O. The van der Waals surface area contributed by atoms with Gasteiger partial charge in [0.25, 0.3) is 16.0 Å². The minimum Gasteiger partial charge on any atom is -0.354 e. The van der Waals surface area contributed by atoms with E-state index in [0.29, 0.717) is 29.7 Å². The third-order valence-electron chi connectivity index (χ3n) is 4.31. The predicted molar refractivity (Wildman–Crippen MR) is 81.6 cm³/mol. The molecule has 0 bridgehead atoms. The van der Waals surface area contributed by atoms with Crippen LogP contribution in [0.4, 0.5) is 5.82 Å². The Hall–Kier alpha value is -1.67. The van der Waals surface area contributed by atoms with E-state index < -0.39 is 10.1 Å². The molecule has 22 heavy (non-hydrogen) atoms. The molecule has 3 rings (SSSR count). The number of anilines is 1. The van der Waals surface area contributed by atoms with Gasteiger partial charge in [-0.2, -0.15) is 8.42 Å². The lowest BCUT2D eigenvalue weighted by atomic mass is 10.1. The van der Waals surface area contributed by atoms with Gasteiger partial charge in [-0.05, 0) is 25.8 Å². The van der Waals surface area contributed by atoms with E-state index in [9.17, 15) is 13.2 Å². The number of pyridine rings is 1. The fraction of sp³-hybridized carbons (Fsp3) is 0.571. The summed E-state index contributed by atoms with van der Waals surface area (Å²) in [5, 5.41) is 2.74. The summed E-state index contributed by atoms with van der Waals surface area (Å²) in [4.78, 5) is 18.7. The minimum absolute atomic E-state index is 0.103. The molecule has 1 aromatic rings. The number of carbonyl (C=O) groups excluding carboxylic acids is 1. The number of nitrogens with zero attached hydrogens (tertiary/aromatic N) is 2. The first-order valence-electron chi connectivity index (χ1n) is 7.38. The number of rotatable bonds is 4. The number of amides is 1. The fourth-order valence-corrected chi connectivity index (χ4v) is 3.58. The minimum atomic E-state index is -4.05. The Morgan fingerprint density at radius 3 is 2.91 bits per heavy atom. The van der Waals surface area contributed by atoms with Crippen molar-refractivity contribution in [2.45, 2.75) is 38.8 Å². The van der Waals surface area contributed by atoms with Gasteiger partial charge in [0.05, 0.1) is 5.75 Å². The molecule has 2 aliphatic heterocycles. The lowest BCUT2D eigenvalue weighted by molar-refractivity contribution is 0.0965. The van der Waals surface area contributed by atoms with Crippen LogP contribution in [-0.4, -0.2) is 42.2 Å². The van der Waals surface area contributed by atoms with Crippen molar-refractivity contribution < 1.29 is 17.8 Å². The number of fused-ring (bicyclic) bond motifs is 1. The summed E-state index contributed by atoms with van der Waals surface area (Å²) >= 11 is 0. The van der Waals surface area contributed by atoms with Crippen LogP contribution in [0.3, 0.4) is 0 Å². The van der Waals surface area contributed by atoms with Crippen LogP contribution in [0.5, 0.6) is 0 Å². The van der Waals surface area contributed by atoms with Crippen LogP contribution >= 0.6 is 0 Å². The molecule has 7 nitrogen and oxygen atoms in total. The van der Waals surface area contributed by atoms with Crippen LogP contribution in [0.25, 0.3) is 0 Å². The number of hydrogen-bond donors (Lipinski definition) is 2. The van der Waals surface area contributed by atoms with Gasteiger partial charge in [-0.15, -0.1) is 0 Å². The Morgan fingerprint density at radius 1 is 1.50 bits per heavy atom. The average Bonchev–Trinajstić information content (AvgIpc) is 3.02. The number of aryl methyl sites for hydroxylation is 1. The van der Waals surface area contributed by atoms with E-state index in [2.05, 4.69) is 22.1 Å². The molecule has 1 aromatic heterocycles. The Morgan fingerprint density at radius 2 is 2.27 bits per heavy atom. The summed E-state index contributed by atoms with van der Waals surface area (Å²) in [5.74, 6) is 0.171. The van der Waals surface area contributed by atoms with E-state index in [1.165, 1.54) is 0 Å². The predicted octanol–water partition coefficient (Wildman–Crippen LogP) is 0.744. The van der Waals surface area contributed by atoms with E-state index in [1.807, 2.05) is 0 Å². The first-order valence-corrected chi connectivity index (χ1v) is 8.99. The number of carbonyl (C=O) groups is 1. The van der Waals surface area contributed by atoms with Crippen molar-refractivity contribution >= 4 is 21.8 Å². The van der Waals surface area contributed by atoms with Gasteiger partial charge in [0.2, 0.25) is 0 Å². The molecule has 0 aliphatic carbocycles. The zero-order chi connectivity index (χ0) is 15.9. The molecule has 0 spiro atoms. The van der Waals surface area contributed by atoms with Crippen molar-refractivity contribution in [2.24, 2.45) is 0 Å². The maximum atomic E-state index is 11.9. The number of aromatic nitrogens is 1. The van der Waals surface area contributed by atoms with Crippen LogP contribution in [-0.2, 0) is 23.1 Å². The standard InChI is InChI=1S/C14H19N3O4S/c1-9-3-2-5-17(9)13-7-10-11(8-15-14(10)18)12(16-13)4-6-22(19,20)21/h7,9H,2-6,8H2,1H3,(H,15,18)(H,19,20,21)/t9-/m1/s1. The molecule has 0 aromatic carbocycles. The maximum absolute atomic E-state index is 11.9. The molecule has 120 valence electrons. The van der Waals surface area contributed by atoms with Crippen LogP contribution in [0.1, 0.15) is 41.4 Å². The Balaban J connectivity index is 1.99. The lowest BCUT2D eigenvalue weighted by Crippen LogP contribution is -2.28.